The maximum absolute atomic E-state index is 11.9. The van der Waals surface area contributed by atoms with Gasteiger partial charge in [-0.15, -0.1) is 0 Å². The molecule has 1 amide bonds. The fourth-order valence-corrected chi connectivity index (χ4v) is 3.32. The van der Waals surface area contributed by atoms with Gasteiger partial charge < -0.3 is 4.90 Å². The van der Waals surface area contributed by atoms with E-state index in [9.17, 15) is 9.00 Å². The number of halogens is 1. The van der Waals surface area contributed by atoms with E-state index in [0.29, 0.717) is 23.9 Å². The topological polar surface area (TPSA) is 37.4 Å². The molecule has 0 fully saturated rings. The summed E-state index contributed by atoms with van der Waals surface area (Å²) >= 11 is 6.08. The van der Waals surface area contributed by atoms with Crippen LogP contribution in [-0.2, 0) is 22.1 Å². The fraction of sp³-hybridized carbons (Fsp3) is 0.364. The first-order chi connectivity index (χ1) is 7.59. The van der Waals surface area contributed by atoms with Gasteiger partial charge in [-0.2, -0.15) is 0 Å². The summed E-state index contributed by atoms with van der Waals surface area (Å²) in [6.07, 6.45) is 0. The molecule has 1 unspecified atom stereocenters. The van der Waals surface area contributed by atoms with E-state index in [-0.39, 0.29) is 5.91 Å². The number of rotatable bonds is 0. The highest BCUT2D eigenvalue weighted by atomic mass is 35.5. The summed E-state index contributed by atoms with van der Waals surface area (Å²) in [7, 11) is -1.06. The third kappa shape index (κ3) is 2.13. The monoisotopic (exact) mass is 257 g/mol. The molecule has 0 spiro atoms. The van der Waals surface area contributed by atoms with Crippen molar-refractivity contribution >= 4 is 28.3 Å². The standard InChI is InChI=1S/C11H12ClNO2S/c1-8(14)13-5-6-16(15)11-4-2-3-10(12)9(11)7-13/h2-4H,5-7H2,1H3. The Morgan fingerprint density at radius 1 is 1.50 bits per heavy atom. The van der Waals surface area contributed by atoms with E-state index in [2.05, 4.69) is 0 Å². The molecule has 1 heterocycles. The Bertz CT molecular complexity index is 461. The smallest absolute Gasteiger partial charge is 0.219 e. The van der Waals surface area contributed by atoms with Crippen LogP contribution in [0, 0.1) is 0 Å². The van der Waals surface area contributed by atoms with Gasteiger partial charge in [-0.1, -0.05) is 17.7 Å². The predicted octanol–water partition coefficient (Wildman–Crippen LogP) is 1.81. The van der Waals surface area contributed by atoms with E-state index in [1.54, 1.807) is 17.0 Å². The number of hydrogen-bond donors (Lipinski definition) is 0. The molecule has 1 aliphatic rings. The quantitative estimate of drug-likeness (QED) is 0.711. The Balaban J connectivity index is 2.46. The second-order valence-electron chi connectivity index (χ2n) is 3.71. The van der Waals surface area contributed by atoms with Gasteiger partial charge in [-0.05, 0) is 12.1 Å². The molecule has 1 aromatic carbocycles. The first kappa shape index (κ1) is 11.6. The molecule has 2 rings (SSSR count). The largest absolute Gasteiger partial charge is 0.338 e. The summed E-state index contributed by atoms with van der Waals surface area (Å²) in [4.78, 5) is 13.8. The van der Waals surface area contributed by atoms with Crippen LogP contribution >= 0.6 is 11.6 Å². The van der Waals surface area contributed by atoms with Crippen molar-refractivity contribution in [3.05, 3.63) is 28.8 Å². The van der Waals surface area contributed by atoms with Crippen molar-refractivity contribution in [3.63, 3.8) is 0 Å². The van der Waals surface area contributed by atoms with Crippen molar-refractivity contribution in [2.24, 2.45) is 0 Å². The number of amides is 1. The molecule has 1 aromatic rings. The number of hydrogen-bond acceptors (Lipinski definition) is 2. The van der Waals surface area contributed by atoms with Gasteiger partial charge >= 0.3 is 0 Å². The van der Waals surface area contributed by atoms with Gasteiger partial charge in [0.15, 0.2) is 0 Å². The van der Waals surface area contributed by atoms with E-state index < -0.39 is 10.8 Å². The molecule has 0 bridgehead atoms. The van der Waals surface area contributed by atoms with Gasteiger partial charge in [0.25, 0.3) is 0 Å². The zero-order chi connectivity index (χ0) is 11.7. The van der Waals surface area contributed by atoms with Crippen LogP contribution in [0.2, 0.25) is 5.02 Å². The van der Waals surface area contributed by atoms with Crippen LogP contribution < -0.4 is 0 Å². The summed E-state index contributed by atoms with van der Waals surface area (Å²) in [6, 6.07) is 5.38. The Morgan fingerprint density at radius 3 is 2.94 bits per heavy atom. The van der Waals surface area contributed by atoms with E-state index in [0.717, 1.165) is 10.5 Å². The second kappa shape index (κ2) is 4.55. The summed E-state index contributed by atoms with van der Waals surface area (Å²) < 4.78 is 11.9. The minimum absolute atomic E-state index is 0.00947. The number of carbonyl (C=O) groups is 1. The Kier molecular flexibility index (Phi) is 3.30. The van der Waals surface area contributed by atoms with Crippen LogP contribution in [-0.4, -0.2) is 27.3 Å². The minimum Gasteiger partial charge on any atom is -0.338 e. The number of benzene rings is 1. The molecule has 1 aliphatic heterocycles. The van der Waals surface area contributed by atoms with E-state index in [1.165, 1.54) is 6.92 Å². The molecular formula is C11H12ClNO2S. The molecule has 86 valence electrons. The first-order valence-electron chi connectivity index (χ1n) is 5.01. The molecule has 16 heavy (non-hydrogen) atoms. The molecular weight excluding hydrogens is 246 g/mol. The Labute approximate surface area is 102 Å². The lowest BCUT2D eigenvalue weighted by atomic mass is 10.2. The van der Waals surface area contributed by atoms with Gasteiger partial charge in [0, 0.05) is 41.2 Å². The summed E-state index contributed by atoms with van der Waals surface area (Å²) in [6.45, 7) is 2.49. The zero-order valence-corrected chi connectivity index (χ0v) is 10.5. The van der Waals surface area contributed by atoms with E-state index >= 15 is 0 Å². The SMILES string of the molecule is CC(=O)N1CCS(=O)c2cccc(Cl)c2C1. The molecule has 1 atom stereocenters. The average molecular weight is 258 g/mol. The average Bonchev–Trinajstić information content (AvgIpc) is 2.40. The van der Waals surface area contributed by atoms with Crippen molar-refractivity contribution in [3.8, 4) is 0 Å². The van der Waals surface area contributed by atoms with Crippen LogP contribution in [0.1, 0.15) is 12.5 Å². The van der Waals surface area contributed by atoms with Gasteiger partial charge in [0.1, 0.15) is 0 Å². The summed E-state index contributed by atoms with van der Waals surface area (Å²) in [5.74, 6) is 0.470. The van der Waals surface area contributed by atoms with Crippen LogP contribution in [0.4, 0.5) is 0 Å². The second-order valence-corrected chi connectivity index (χ2v) is 5.65. The highest BCUT2D eigenvalue weighted by Gasteiger charge is 2.22. The van der Waals surface area contributed by atoms with Crippen LogP contribution in [0.25, 0.3) is 0 Å². The molecule has 5 heteroatoms. The molecule has 3 nitrogen and oxygen atoms in total. The number of nitrogens with zero attached hydrogens (tertiary/aromatic N) is 1. The highest BCUT2D eigenvalue weighted by molar-refractivity contribution is 7.85. The normalized spacial score (nSPS) is 20.1. The first-order valence-corrected chi connectivity index (χ1v) is 6.70. The van der Waals surface area contributed by atoms with Crippen LogP contribution in [0.3, 0.4) is 0 Å². The maximum atomic E-state index is 11.9. The predicted molar refractivity (Wildman–Crippen MR) is 63.8 cm³/mol. The summed E-state index contributed by atoms with van der Waals surface area (Å²) in [5.41, 5.74) is 0.815. The third-order valence-electron chi connectivity index (χ3n) is 2.66. The number of carbonyl (C=O) groups excluding carboxylic acids is 1. The number of fused-ring (bicyclic) bond motifs is 1. The van der Waals surface area contributed by atoms with Crippen molar-refractivity contribution < 1.29 is 9.00 Å². The third-order valence-corrected chi connectivity index (χ3v) is 4.44. The van der Waals surface area contributed by atoms with Crippen molar-refractivity contribution in [1.29, 1.82) is 0 Å². The van der Waals surface area contributed by atoms with Crippen molar-refractivity contribution in [2.45, 2.75) is 18.4 Å². The van der Waals surface area contributed by atoms with Crippen molar-refractivity contribution in [1.82, 2.24) is 4.90 Å². The van der Waals surface area contributed by atoms with Gasteiger partial charge in [0.05, 0.1) is 10.8 Å². The molecule has 0 aliphatic carbocycles. The van der Waals surface area contributed by atoms with Crippen LogP contribution in [0.15, 0.2) is 23.1 Å². The lowest BCUT2D eigenvalue weighted by Crippen LogP contribution is -2.29. The zero-order valence-electron chi connectivity index (χ0n) is 8.90. The van der Waals surface area contributed by atoms with Gasteiger partial charge in [-0.3, -0.25) is 9.00 Å². The Morgan fingerprint density at radius 2 is 2.25 bits per heavy atom. The molecule has 0 N–H and O–H groups in total. The minimum atomic E-state index is -1.06. The molecule has 0 saturated carbocycles. The highest BCUT2D eigenvalue weighted by Crippen LogP contribution is 2.26. The van der Waals surface area contributed by atoms with Crippen LogP contribution in [0.5, 0.6) is 0 Å². The fourth-order valence-electron chi connectivity index (χ4n) is 1.75. The van der Waals surface area contributed by atoms with Crippen molar-refractivity contribution in [2.75, 3.05) is 12.3 Å². The van der Waals surface area contributed by atoms with E-state index in [1.807, 2.05) is 6.07 Å². The lowest BCUT2D eigenvalue weighted by molar-refractivity contribution is -0.129. The molecule has 0 radical (unpaired) electrons. The van der Waals surface area contributed by atoms with Gasteiger partial charge in [0.2, 0.25) is 5.91 Å². The van der Waals surface area contributed by atoms with Gasteiger partial charge in [-0.25, -0.2) is 0 Å². The lowest BCUT2D eigenvalue weighted by Gasteiger charge is -2.18. The summed E-state index contributed by atoms with van der Waals surface area (Å²) in [5, 5.41) is 0.582. The molecule has 0 saturated heterocycles. The van der Waals surface area contributed by atoms with E-state index in [4.69, 9.17) is 11.6 Å². The maximum Gasteiger partial charge on any atom is 0.219 e. The molecule has 0 aromatic heterocycles. The Hall–Kier alpha value is -0.870.